The number of carboxylic acid groups (broad SMARTS) is 2. The van der Waals surface area contributed by atoms with Gasteiger partial charge in [-0.1, -0.05) is 55.1 Å². The van der Waals surface area contributed by atoms with Gasteiger partial charge in [-0.2, -0.15) is 0 Å². The lowest BCUT2D eigenvalue weighted by atomic mass is 9.91. The van der Waals surface area contributed by atoms with Crippen molar-refractivity contribution in [3.8, 4) is 0 Å². The summed E-state index contributed by atoms with van der Waals surface area (Å²) in [5.41, 5.74) is 5.71. The monoisotopic (exact) mass is 443 g/mol. The van der Waals surface area contributed by atoms with E-state index in [1.54, 1.807) is 0 Å². The van der Waals surface area contributed by atoms with Crippen LogP contribution in [-0.2, 0) is 16.0 Å². The molecule has 166 valence electrons. The largest absolute Gasteiger partial charge is 0.478 e. The van der Waals surface area contributed by atoms with Gasteiger partial charge >= 0.3 is 11.9 Å². The van der Waals surface area contributed by atoms with E-state index in [-0.39, 0.29) is 5.48 Å². The zero-order valence-electron chi connectivity index (χ0n) is 18.0. The van der Waals surface area contributed by atoms with Crippen LogP contribution in [0.15, 0.2) is 70.5 Å². The van der Waals surface area contributed by atoms with Crippen LogP contribution in [0.25, 0.3) is 5.57 Å². The van der Waals surface area contributed by atoms with Gasteiger partial charge in [0.1, 0.15) is 0 Å². The number of fused-ring (bicyclic) bond motifs is 2. The highest BCUT2D eigenvalue weighted by Crippen LogP contribution is 2.46. The first-order valence-corrected chi connectivity index (χ1v) is 10.5. The molecule has 0 radical (unpaired) electrons. The molecular weight excluding hydrogens is 414 g/mol. The summed E-state index contributed by atoms with van der Waals surface area (Å²) in [6.07, 6.45) is 5.71. The lowest BCUT2D eigenvalue weighted by molar-refractivity contribution is -0.134. The SMILES string of the molecule is CCc1cccc2c1/C(=C\CCN(C)C)c1ccccc1S2.O.O=C(O)/C=C/C(=O)O. The summed E-state index contributed by atoms with van der Waals surface area (Å²) in [7, 11) is 4.27. The maximum atomic E-state index is 9.55. The molecule has 0 atom stereocenters. The topological polar surface area (TPSA) is 109 Å². The van der Waals surface area contributed by atoms with E-state index in [1.165, 1.54) is 32.1 Å². The Morgan fingerprint density at radius 3 is 2.16 bits per heavy atom. The molecular formula is C24H29NO5S. The summed E-state index contributed by atoms with van der Waals surface area (Å²) in [4.78, 5) is 24.1. The number of benzene rings is 2. The van der Waals surface area contributed by atoms with Crippen molar-refractivity contribution in [1.29, 1.82) is 0 Å². The number of aryl methyl sites for hydroxylation is 1. The first-order chi connectivity index (χ1) is 14.3. The number of carbonyl (C=O) groups is 2. The van der Waals surface area contributed by atoms with Crippen molar-refractivity contribution in [2.75, 3.05) is 20.6 Å². The zero-order chi connectivity index (χ0) is 22.1. The molecule has 0 saturated heterocycles. The quantitative estimate of drug-likeness (QED) is 0.558. The van der Waals surface area contributed by atoms with Crippen molar-refractivity contribution in [3.63, 3.8) is 0 Å². The van der Waals surface area contributed by atoms with Crippen molar-refractivity contribution >= 4 is 29.3 Å². The van der Waals surface area contributed by atoms with Crippen LogP contribution in [0.2, 0.25) is 0 Å². The number of nitrogens with zero attached hydrogens (tertiary/aromatic N) is 1. The van der Waals surface area contributed by atoms with Crippen molar-refractivity contribution < 1.29 is 25.3 Å². The Kier molecular flexibility index (Phi) is 10.8. The summed E-state index contributed by atoms with van der Waals surface area (Å²) >= 11 is 1.90. The Labute approximate surface area is 187 Å². The Bertz CT molecular complexity index is 950. The highest BCUT2D eigenvalue weighted by Gasteiger charge is 2.22. The molecule has 31 heavy (non-hydrogen) atoms. The second kappa shape index (κ2) is 12.7. The second-order valence-electron chi connectivity index (χ2n) is 6.96. The lowest BCUT2D eigenvalue weighted by Crippen LogP contribution is -2.12. The van der Waals surface area contributed by atoms with Crippen LogP contribution in [0, 0.1) is 0 Å². The molecule has 0 spiro atoms. The van der Waals surface area contributed by atoms with Gasteiger partial charge in [0.25, 0.3) is 0 Å². The van der Waals surface area contributed by atoms with E-state index < -0.39 is 11.9 Å². The van der Waals surface area contributed by atoms with Crippen LogP contribution >= 0.6 is 11.8 Å². The summed E-state index contributed by atoms with van der Waals surface area (Å²) in [6.45, 7) is 3.33. The van der Waals surface area contributed by atoms with Gasteiger partial charge in [0.15, 0.2) is 0 Å². The molecule has 1 aliphatic rings. The molecule has 0 aliphatic carbocycles. The minimum Gasteiger partial charge on any atom is -0.478 e. The molecule has 3 rings (SSSR count). The predicted molar refractivity (Wildman–Crippen MR) is 125 cm³/mol. The number of hydrogen-bond acceptors (Lipinski definition) is 4. The van der Waals surface area contributed by atoms with Crippen molar-refractivity contribution in [1.82, 2.24) is 4.90 Å². The fourth-order valence-electron chi connectivity index (χ4n) is 3.11. The molecule has 2 aromatic rings. The number of rotatable bonds is 6. The maximum Gasteiger partial charge on any atom is 0.328 e. The molecule has 0 unspecified atom stereocenters. The van der Waals surface area contributed by atoms with Gasteiger partial charge in [-0.3, -0.25) is 0 Å². The summed E-state index contributed by atoms with van der Waals surface area (Å²) < 4.78 is 0. The highest BCUT2D eigenvalue weighted by atomic mass is 32.2. The third-order valence-electron chi connectivity index (χ3n) is 4.45. The highest BCUT2D eigenvalue weighted by molar-refractivity contribution is 7.99. The molecule has 4 N–H and O–H groups in total. The third kappa shape index (κ3) is 7.71. The molecule has 0 amide bonds. The van der Waals surface area contributed by atoms with E-state index >= 15 is 0 Å². The van der Waals surface area contributed by atoms with Crippen molar-refractivity contribution in [2.45, 2.75) is 29.6 Å². The van der Waals surface area contributed by atoms with E-state index in [0.29, 0.717) is 12.2 Å². The summed E-state index contributed by atoms with van der Waals surface area (Å²) in [5.74, 6) is -2.51. The fraction of sp³-hybridized carbons (Fsp3) is 0.250. The molecule has 0 aromatic heterocycles. The summed E-state index contributed by atoms with van der Waals surface area (Å²) in [6, 6.07) is 15.5. The van der Waals surface area contributed by atoms with Crippen LogP contribution in [0.1, 0.15) is 30.0 Å². The molecule has 1 aliphatic heterocycles. The van der Waals surface area contributed by atoms with Gasteiger partial charge in [-0.05, 0) is 61.3 Å². The third-order valence-corrected chi connectivity index (χ3v) is 5.59. The van der Waals surface area contributed by atoms with Gasteiger partial charge in [0, 0.05) is 28.5 Å². The van der Waals surface area contributed by atoms with E-state index in [1.807, 2.05) is 11.8 Å². The normalized spacial score (nSPS) is 13.1. The van der Waals surface area contributed by atoms with E-state index in [9.17, 15) is 9.59 Å². The van der Waals surface area contributed by atoms with Crippen LogP contribution in [-0.4, -0.2) is 53.2 Å². The molecule has 0 bridgehead atoms. The molecule has 7 heteroatoms. The van der Waals surface area contributed by atoms with Crippen LogP contribution in [0.4, 0.5) is 0 Å². The Hall–Kier alpha value is -2.87. The molecule has 0 fully saturated rings. The Morgan fingerprint density at radius 1 is 0.968 bits per heavy atom. The van der Waals surface area contributed by atoms with Crippen molar-refractivity contribution in [3.05, 3.63) is 77.4 Å². The minimum absolute atomic E-state index is 0. The Balaban J connectivity index is 0.000000461. The van der Waals surface area contributed by atoms with E-state index in [0.717, 1.165) is 19.4 Å². The van der Waals surface area contributed by atoms with Crippen LogP contribution in [0.5, 0.6) is 0 Å². The Morgan fingerprint density at radius 2 is 1.58 bits per heavy atom. The molecule has 6 nitrogen and oxygen atoms in total. The molecule has 0 saturated carbocycles. The van der Waals surface area contributed by atoms with Crippen LogP contribution in [0.3, 0.4) is 0 Å². The first-order valence-electron chi connectivity index (χ1n) is 9.71. The number of hydrogen-bond donors (Lipinski definition) is 2. The van der Waals surface area contributed by atoms with Gasteiger partial charge in [0.2, 0.25) is 0 Å². The molecule has 2 aromatic carbocycles. The van der Waals surface area contributed by atoms with E-state index in [2.05, 4.69) is 74.5 Å². The second-order valence-corrected chi connectivity index (χ2v) is 8.05. The van der Waals surface area contributed by atoms with Gasteiger partial charge in [-0.15, -0.1) is 0 Å². The number of aliphatic carboxylic acids is 2. The average molecular weight is 444 g/mol. The lowest BCUT2D eigenvalue weighted by Gasteiger charge is -2.24. The smallest absolute Gasteiger partial charge is 0.328 e. The maximum absolute atomic E-state index is 9.55. The predicted octanol–water partition coefficient (Wildman–Crippen LogP) is 3.98. The molecule has 1 heterocycles. The summed E-state index contributed by atoms with van der Waals surface area (Å²) in [5, 5.41) is 15.6. The minimum atomic E-state index is -1.26. The first kappa shape index (κ1) is 26.2. The average Bonchev–Trinajstić information content (AvgIpc) is 2.71. The van der Waals surface area contributed by atoms with Gasteiger partial charge in [0.05, 0.1) is 0 Å². The van der Waals surface area contributed by atoms with Crippen LogP contribution < -0.4 is 0 Å². The zero-order valence-corrected chi connectivity index (χ0v) is 18.8. The van der Waals surface area contributed by atoms with Crippen molar-refractivity contribution in [2.24, 2.45) is 0 Å². The fourth-order valence-corrected chi connectivity index (χ4v) is 4.28. The van der Waals surface area contributed by atoms with Gasteiger partial charge < -0.3 is 20.6 Å². The van der Waals surface area contributed by atoms with E-state index in [4.69, 9.17) is 10.2 Å². The standard InChI is InChI=1S/C20H23NS.C4H4O4.H2O/c1-4-15-9-7-13-19-20(15)17(11-8-14-21(2)3)16-10-5-6-12-18(16)22-19;5-3(6)1-2-4(7)8;/h5-7,9-13H,4,8,14H2,1-3H3;1-2H,(H,5,6)(H,7,8);1H2/b17-11-;2-1+;. The van der Waals surface area contributed by atoms with Gasteiger partial charge in [-0.25, -0.2) is 9.59 Å². The number of carboxylic acids is 2.